The molecule has 0 bridgehead atoms. The normalized spacial score (nSPS) is 9.08. The summed E-state index contributed by atoms with van der Waals surface area (Å²) in [6, 6.07) is 4.78. The van der Waals surface area contributed by atoms with Gasteiger partial charge in [0, 0.05) is 10.6 Å². The Morgan fingerprint density at radius 1 is 1.58 bits per heavy atom. The minimum absolute atomic E-state index is 0.245. The van der Waals surface area contributed by atoms with E-state index in [1.165, 1.54) is 6.07 Å². The first-order valence-corrected chi connectivity index (χ1v) is 3.65. The van der Waals surface area contributed by atoms with Gasteiger partial charge in [-0.15, -0.1) is 0 Å². The van der Waals surface area contributed by atoms with Gasteiger partial charge in [0.15, 0.2) is 0 Å². The third kappa shape index (κ3) is 1.68. The quantitative estimate of drug-likeness (QED) is 0.406. The van der Waals surface area contributed by atoms with Crippen LogP contribution >= 0.6 is 0 Å². The van der Waals surface area contributed by atoms with E-state index in [1.807, 2.05) is 6.92 Å². The second-order valence-electron chi connectivity index (χ2n) is 2.36. The molecular formula is C8H9N3O. The molecular weight excluding hydrogens is 154 g/mol. The molecule has 0 aliphatic heterocycles. The van der Waals surface area contributed by atoms with E-state index in [9.17, 15) is 5.11 Å². The minimum atomic E-state index is 0.245. The van der Waals surface area contributed by atoms with Gasteiger partial charge < -0.3 is 5.11 Å². The highest BCUT2D eigenvalue weighted by molar-refractivity contribution is 5.46. The number of nitrogens with zero attached hydrogens (tertiary/aromatic N) is 3. The summed E-state index contributed by atoms with van der Waals surface area (Å²) < 4.78 is 0. The molecule has 0 aliphatic carbocycles. The Hall–Kier alpha value is -1.67. The first kappa shape index (κ1) is 8.43. The number of phenols is 1. The fraction of sp³-hybridized carbons (Fsp3) is 0.250. The molecule has 0 saturated carbocycles. The van der Waals surface area contributed by atoms with Gasteiger partial charge in [-0.25, -0.2) is 0 Å². The Morgan fingerprint density at radius 3 is 2.92 bits per heavy atom. The van der Waals surface area contributed by atoms with Gasteiger partial charge in [0.25, 0.3) is 0 Å². The molecule has 1 N–H and O–H groups in total. The van der Waals surface area contributed by atoms with Crippen molar-refractivity contribution in [1.29, 1.82) is 0 Å². The van der Waals surface area contributed by atoms with Gasteiger partial charge >= 0.3 is 0 Å². The number of rotatable bonds is 2. The first-order valence-electron chi connectivity index (χ1n) is 3.65. The molecule has 0 aromatic heterocycles. The fourth-order valence-corrected chi connectivity index (χ4v) is 0.969. The number of aromatic hydroxyl groups is 1. The highest BCUT2D eigenvalue weighted by atomic mass is 16.3. The van der Waals surface area contributed by atoms with Crippen molar-refractivity contribution in [3.05, 3.63) is 34.2 Å². The smallest absolute Gasteiger partial charge is 0.118 e. The maximum Gasteiger partial charge on any atom is 0.118 e. The zero-order valence-corrected chi connectivity index (χ0v) is 6.73. The Kier molecular flexibility index (Phi) is 2.56. The van der Waals surface area contributed by atoms with Crippen LogP contribution in [0.1, 0.15) is 12.5 Å². The SMILES string of the molecule is CCc1cc(N=[N+]=[N-])ccc1O. The molecule has 12 heavy (non-hydrogen) atoms. The predicted octanol–water partition coefficient (Wildman–Crippen LogP) is 2.90. The van der Waals surface area contributed by atoms with E-state index in [1.54, 1.807) is 12.1 Å². The van der Waals surface area contributed by atoms with E-state index in [2.05, 4.69) is 10.0 Å². The Morgan fingerprint density at radius 2 is 2.33 bits per heavy atom. The third-order valence-electron chi connectivity index (χ3n) is 1.60. The predicted molar refractivity (Wildman–Crippen MR) is 46.3 cm³/mol. The van der Waals surface area contributed by atoms with Crippen molar-refractivity contribution in [2.45, 2.75) is 13.3 Å². The van der Waals surface area contributed by atoms with Crippen LogP contribution in [0, 0.1) is 0 Å². The van der Waals surface area contributed by atoms with Crippen LogP contribution in [0.4, 0.5) is 5.69 Å². The van der Waals surface area contributed by atoms with Gasteiger partial charge in [-0.1, -0.05) is 12.0 Å². The average molecular weight is 163 g/mol. The molecule has 62 valence electrons. The van der Waals surface area contributed by atoms with Crippen molar-refractivity contribution in [1.82, 2.24) is 0 Å². The van der Waals surface area contributed by atoms with Gasteiger partial charge in [-0.3, -0.25) is 0 Å². The number of phenolic OH excluding ortho intramolecular Hbond substituents is 1. The van der Waals surface area contributed by atoms with Crippen LogP contribution in [0.5, 0.6) is 5.75 Å². The zero-order valence-electron chi connectivity index (χ0n) is 6.73. The topological polar surface area (TPSA) is 69.0 Å². The van der Waals surface area contributed by atoms with Crippen LogP contribution in [0.25, 0.3) is 10.4 Å². The molecule has 0 unspecified atom stereocenters. The van der Waals surface area contributed by atoms with Gasteiger partial charge in [-0.2, -0.15) is 0 Å². The number of azide groups is 1. The molecule has 0 spiro atoms. The second-order valence-corrected chi connectivity index (χ2v) is 2.36. The van der Waals surface area contributed by atoms with Crippen LogP contribution < -0.4 is 0 Å². The third-order valence-corrected chi connectivity index (χ3v) is 1.60. The van der Waals surface area contributed by atoms with Gasteiger partial charge in [-0.05, 0) is 35.7 Å². The molecule has 1 aromatic rings. The molecule has 4 heteroatoms. The Balaban J connectivity index is 3.13. The van der Waals surface area contributed by atoms with Crippen LogP contribution in [0.15, 0.2) is 23.3 Å². The van der Waals surface area contributed by atoms with Crippen LogP contribution in [0.3, 0.4) is 0 Å². The summed E-state index contributed by atoms with van der Waals surface area (Å²) in [5, 5.41) is 12.7. The fourth-order valence-electron chi connectivity index (χ4n) is 0.969. The summed E-state index contributed by atoms with van der Waals surface area (Å²) in [6.45, 7) is 1.93. The molecule has 0 heterocycles. The Bertz CT molecular complexity index is 329. The molecule has 0 fully saturated rings. The molecule has 0 aliphatic rings. The second kappa shape index (κ2) is 3.64. The van der Waals surface area contributed by atoms with E-state index in [0.717, 1.165) is 12.0 Å². The lowest BCUT2D eigenvalue weighted by Crippen LogP contribution is -1.79. The van der Waals surface area contributed by atoms with Crippen molar-refractivity contribution >= 4 is 5.69 Å². The highest BCUT2D eigenvalue weighted by Crippen LogP contribution is 2.23. The molecule has 1 rings (SSSR count). The van der Waals surface area contributed by atoms with Crippen molar-refractivity contribution < 1.29 is 5.11 Å². The van der Waals surface area contributed by atoms with Gasteiger partial charge in [0.1, 0.15) is 5.75 Å². The maximum atomic E-state index is 9.27. The molecule has 0 atom stereocenters. The van der Waals surface area contributed by atoms with Crippen LogP contribution in [-0.2, 0) is 6.42 Å². The van der Waals surface area contributed by atoms with E-state index in [-0.39, 0.29) is 5.75 Å². The van der Waals surface area contributed by atoms with Crippen LogP contribution in [0.2, 0.25) is 0 Å². The largest absolute Gasteiger partial charge is 0.508 e. The summed E-state index contributed by atoms with van der Waals surface area (Å²) in [4.78, 5) is 2.65. The first-order chi connectivity index (χ1) is 5.77. The Labute approximate surface area is 70.1 Å². The molecule has 0 radical (unpaired) electrons. The van der Waals surface area contributed by atoms with E-state index >= 15 is 0 Å². The zero-order chi connectivity index (χ0) is 8.97. The maximum absolute atomic E-state index is 9.27. The summed E-state index contributed by atoms with van der Waals surface area (Å²) in [7, 11) is 0. The summed E-state index contributed by atoms with van der Waals surface area (Å²) >= 11 is 0. The number of hydrogen-bond donors (Lipinski definition) is 1. The summed E-state index contributed by atoms with van der Waals surface area (Å²) in [5.41, 5.74) is 9.47. The molecule has 0 saturated heterocycles. The van der Waals surface area contributed by atoms with Crippen molar-refractivity contribution in [3.8, 4) is 5.75 Å². The number of aryl methyl sites for hydroxylation is 1. The summed E-state index contributed by atoms with van der Waals surface area (Å²) in [6.07, 6.45) is 0.723. The lowest BCUT2D eigenvalue weighted by atomic mass is 10.1. The van der Waals surface area contributed by atoms with Gasteiger partial charge in [0.05, 0.1) is 0 Å². The molecule has 1 aromatic carbocycles. The van der Waals surface area contributed by atoms with Crippen molar-refractivity contribution in [3.63, 3.8) is 0 Å². The van der Waals surface area contributed by atoms with Crippen LogP contribution in [-0.4, -0.2) is 5.11 Å². The minimum Gasteiger partial charge on any atom is -0.508 e. The molecule has 0 amide bonds. The standard InChI is InChI=1S/C8H9N3O/c1-2-6-5-7(10-11-9)3-4-8(6)12/h3-5,12H,2H2,1H3. The van der Waals surface area contributed by atoms with Crippen molar-refractivity contribution in [2.75, 3.05) is 0 Å². The lowest BCUT2D eigenvalue weighted by Gasteiger charge is -2.00. The van der Waals surface area contributed by atoms with Gasteiger partial charge in [0.2, 0.25) is 0 Å². The lowest BCUT2D eigenvalue weighted by molar-refractivity contribution is 0.469. The van der Waals surface area contributed by atoms with Crippen molar-refractivity contribution in [2.24, 2.45) is 5.11 Å². The molecule has 4 nitrogen and oxygen atoms in total. The van der Waals surface area contributed by atoms with E-state index in [0.29, 0.717) is 5.69 Å². The summed E-state index contributed by atoms with van der Waals surface area (Å²) in [5.74, 6) is 0.245. The monoisotopic (exact) mass is 163 g/mol. The average Bonchev–Trinajstić information content (AvgIpc) is 2.09. The highest BCUT2D eigenvalue weighted by Gasteiger charge is 1.98. The van der Waals surface area contributed by atoms with E-state index in [4.69, 9.17) is 5.53 Å². The number of hydrogen-bond acceptors (Lipinski definition) is 2. The number of benzene rings is 1. The van der Waals surface area contributed by atoms with E-state index < -0.39 is 0 Å².